The van der Waals surface area contributed by atoms with Gasteiger partial charge in [0.2, 0.25) is 0 Å². The molecule has 0 radical (unpaired) electrons. The molecule has 0 aliphatic rings. The van der Waals surface area contributed by atoms with E-state index in [4.69, 9.17) is 14.1 Å². The SMILES string of the molecule is Cc1ccc2oc(-c3ccccc3)cc(=Nc3ccc(OC(=O)c4ccncc4)cc3)c2c1. The summed E-state index contributed by atoms with van der Waals surface area (Å²) in [4.78, 5) is 21.0. The Kier molecular flexibility index (Phi) is 5.52. The molecule has 0 atom stereocenters. The van der Waals surface area contributed by atoms with Gasteiger partial charge in [-0.2, -0.15) is 0 Å². The van der Waals surface area contributed by atoms with Crippen LogP contribution < -0.4 is 10.1 Å². The number of fused-ring (bicyclic) bond motifs is 1. The molecule has 0 amide bonds. The molecular formula is C28H20N2O3. The molecule has 0 aliphatic carbocycles. The maximum Gasteiger partial charge on any atom is 0.343 e. The van der Waals surface area contributed by atoms with E-state index in [0.717, 1.165) is 38.9 Å². The predicted molar refractivity (Wildman–Crippen MR) is 127 cm³/mol. The molecule has 5 rings (SSSR count). The van der Waals surface area contributed by atoms with E-state index in [2.05, 4.69) is 11.1 Å². The summed E-state index contributed by atoms with van der Waals surface area (Å²) >= 11 is 0. The molecule has 0 saturated carbocycles. The molecule has 160 valence electrons. The number of aryl methyl sites for hydroxylation is 1. The summed E-state index contributed by atoms with van der Waals surface area (Å²) in [6.45, 7) is 2.04. The smallest absolute Gasteiger partial charge is 0.343 e. The maximum atomic E-state index is 12.3. The zero-order valence-corrected chi connectivity index (χ0v) is 17.9. The van der Waals surface area contributed by atoms with Gasteiger partial charge >= 0.3 is 5.97 Å². The van der Waals surface area contributed by atoms with E-state index in [9.17, 15) is 4.79 Å². The van der Waals surface area contributed by atoms with Crippen molar-refractivity contribution in [1.29, 1.82) is 0 Å². The van der Waals surface area contributed by atoms with Crippen LogP contribution >= 0.6 is 0 Å². The van der Waals surface area contributed by atoms with Crippen molar-refractivity contribution in [3.05, 3.63) is 120 Å². The van der Waals surface area contributed by atoms with Gasteiger partial charge in [-0.05, 0) is 55.5 Å². The Labute approximate surface area is 190 Å². The summed E-state index contributed by atoms with van der Waals surface area (Å²) in [5.41, 5.74) is 4.06. The molecule has 2 aromatic heterocycles. The van der Waals surface area contributed by atoms with Crippen LogP contribution in [0.5, 0.6) is 5.75 Å². The highest BCUT2D eigenvalue weighted by atomic mass is 16.5. The summed E-state index contributed by atoms with van der Waals surface area (Å²) in [6.07, 6.45) is 3.11. The van der Waals surface area contributed by atoms with E-state index in [0.29, 0.717) is 11.3 Å². The van der Waals surface area contributed by atoms with Crippen molar-refractivity contribution < 1.29 is 13.9 Å². The van der Waals surface area contributed by atoms with E-state index in [1.165, 1.54) is 0 Å². The van der Waals surface area contributed by atoms with Gasteiger partial charge in [0.25, 0.3) is 0 Å². The van der Waals surface area contributed by atoms with E-state index in [1.807, 2.05) is 67.6 Å². The molecule has 5 heteroatoms. The third-order valence-electron chi connectivity index (χ3n) is 5.17. The normalized spacial score (nSPS) is 11.5. The van der Waals surface area contributed by atoms with Crippen LogP contribution in [0.15, 0.2) is 113 Å². The summed E-state index contributed by atoms with van der Waals surface area (Å²) in [7, 11) is 0. The number of nitrogens with zero attached hydrogens (tertiary/aromatic N) is 2. The Balaban J connectivity index is 1.51. The maximum absolute atomic E-state index is 12.3. The summed E-state index contributed by atoms with van der Waals surface area (Å²) in [5.74, 6) is 0.763. The molecule has 5 aromatic rings. The molecule has 0 saturated heterocycles. The van der Waals surface area contributed by atoms with E-state index in [1.54, 1.807) is 36.7 Å². The fourth-order valence-electron chi connectivity index (χ4n) is 3.50. The van der Waals surface area contributed by atoms with Crippen molar-refractivity contribution in [2.45, 2.75) is 6.92 Å². The highest BCUT2D eigenvalue weighted by Gasteiger charge is 2.09. The van der Waals surface area contributed by atoms with Crippen LogP contribution in [0.3, 0.4) is 0 Å². The molecule has 2 heterocycles. The zero-order valence-electron chi connectivity index (χ0n) is 17.9. The molecule has 5 nitrogen and oxygen atoms in total. The molecule has 0 aliphatic heterocycles. The summed E-state index contributed by atoms with van der Waals surface area (Å²) in [5, 5.41) is 1.74. The quantitative estimate of drug-likeness (QED) is 0.249. The van der Waals surface area contributed by atoms with Crippen molar-refractivity contribution in [2.24, 2.45) is 4.99 Å². The van der Waals surface area contributed by atoms with Crippen molar-refractivity contribution in [3.8, 4) is 17.1 Å². The van der Waals surface area contributed by atoms with Crippen molar-refractivity contribution in [1.82, 2.24) is 4.98 Å². The van der Waals surface area contributed by atoms with Gasteiger partial charge in [0, 0.05) is 29.4 Å². The van der Waals surface area contributed by atoms with Gasteiger partial charge in [0.05, 0.1) is 16.6 Å². The van der Waals surface area contributed by atoms with Gasteiger partial charge in [-0.3, -0.25) is 4.98 Å². The minimum Gasteiger partial charge on any atom is -0.456 e. The summed E-state index contributed by atoms with van der Waals surface area (Å²) in [6, 6.07) is 28.3. The van der Waals surface area contributed by atoms with Gasteiger partial charge in [0.15, 0.2) is 0 Å². The minimum atomic E-state index is -0.430. The van der Waals surface area contributed by atoms with Gasteiger partial charge in [0.1, 0.15) is 17.1 Å². The van der Waals surface area contributed by atoms with Gasteiger partial charge in [-0.1, -0.05) is 42.0 Å². The zero-order chi connectivity index (χ0) is 22.6. The second-order valence-electron chi connectivity index (χ2n) is 7.59. The largest absolute Gasteiger partial charge is 0.456 e. The van der Waals surface area contributed by atoms with Crippen LogP contribution in [-0.2, 0) is 0 Å². The number of aromatic nitrogens is 1. The first-order valence-corrected chi connectivity index (χ1v) is 10.5. The van der Waals surface area contributed by atoms with Crippen LogP contribution in [0, 0.1) is 6.92 Å². The van der Waals surface area contributed by atoms with Crippen molar-refractivity contribution >= 4 is 22.6 Å². The molecular weight excluding hydrogens is 412 g/mol. The van der Waals surface area contributed by atoms with Gasteiger partial charge < -0.3 is 9.15 Å². The average Bonchev–Trinajstić information content (AvgIpc) is 2.86. The highest BCUT2D eigenvalue weighted by Crippen LogP contribution is 2.24. The number of hydrogen-bond donors (Lipinski definition) is 0. The lowest BCUT2D eigenvalue weighted by Gasteiger charge is -2.06. The second kappa shape index (κ2) is 8.93. The number of carbonyl (C=O) groups is 1. The molecule has 0 spiro atoms. The van der Waals surface area contributed by atoms with E-state index < -0.39 is 5.97 Å². The third-order valence-corrected chi connectivity index (χ3v) is 5.17. The number of rotatable bonds is 4. The Morgan fingerprint density at radius 2 is 1.64 bits per heavy atom. The number of esters is 1. The van der Waals surface area contributed by atoms with Crippen LogP contribution in [0.25, 0.3) is 22.3 Å². The standard InChI is InChI=1S/C28H20N2O3/c1-19-7-12-26-24(17-19)25(18-27(33-26)20-5-3-2-4-6-20)30-22-8-10-23(11-9-22)32-28(31)21-13-15-29-16-14-21/h2-18H,1H3. The number of ether oxygens (including phenoxy) is 1. The number of carbonyl (C=O) groups excluding carboxylic acids is 1. The highest BCUT2D eigenvalue weighted by molar-refractivity contribution is 5.90. The molecule has 0 unspecified atom stereocenters. The van der Waals surface area contributed by atoms with Gasteiger partial charge in [-0.25, -0.2) is 9.79 Å². The molecule has 33 heavy (non-hydrogen) atoms. The molecule has 0 N–H and O–H groups in total. The number of pyridine rings is 1. The van der Waals surface area contributed by atoms with Crippen LogP contribution in [-0.4, -0.2) is 11.0 Å². The first-order chi connectivity index (χ1) is 16.2. The van der Waals surface area contributed by atoms with Crippen LogP contribution in [0.1, 0.15) is 15.9 Å². The first-order valence-electron chi connectivity index (χ1n) is 10.5. The molecule has 3 aromatic carbocycles. The lowest BCUT2D eigenvalue weighted by atomic mass is 10.1. The predicted octanol–water partition coefficient (Wildman–Crippen LogP) is 6.25. The lowest BCUT2D eigenvalue weighted by Crippen LogP contribution is -2.08. The number of benzene rings is 3. The Morgan fingerprint density at radius 3 is 2.39 bits per heavy atom. The molecule has 0 bridgehead atoms. The van der Waals surface area contributed by atoms with Crippen molar-refractivity contribution in [2.75, 3.05) is 0 Å². The molecule has 0 fully saturated rings. The monoisotopic (exact) mass is 432 g/mol. The minimum absolute atomic E-state index is 0.430. The van der Waals surface area contributed by atoms with Crippen LogP contribution in [0.2, 0.25) is 0 Å². The lowest BCUT2D eigenvalue weighted by molar-refractivity contribution is 0.0734. The fourth-order valence-corrected chi connectivity index (χ4v) is 3.50. The summed E-state index contributed by atoms with van der Waals surface area (Å²) < 4.78 is 11.6. The Hall–Kier alpha value is -4.51. The Morgan fingerprint density at radius 1 is 0.879 bits per heavy atom. The first kappa shape index (κ1) is 20.4. The van der Waals surface area contributed by atoms with Crippen LogP contribution in [0.4, 0.5) is 5.69 Å². The average molecular weight is 432 g/mol. The fraction of sp³-hybridized carbons (Fsp3) is 0.0357. The number of hydrogen-bond acceptors (Lipinski definition) is 5. The van der Waals surface area contributed by atoms with Crippen molar-refractivity contribution in [3.63, 3.8) is 0 Å². The Bertz CT molecular complexity index is 1490. The third kappa shape index (κ3) is 4.57. The van der Waals surface area contributed by atoms with E-state index in [-0.39, 0.29) is 0 Å². The topological polar surface area (TPSA) is 64.7 Å². The van der Waals surface area contributed by atoms with Gasteiger partial charge in [-0.15, -0.1) is 0 Å². The second-order valence-corrected chi connectivity index (χ2v) is 7.59. The van der Waals surface area contributed by atoms with E-state index >= 15 is 0 Å².